The zero-order chi connectivity index (χ0) is 16.0. The maximum atomic E-state index is 2.28. The SMILES string of the molecule is C/C=C(/C)CCC=C(C)C.C/C=C(\C)CCC=C(C)C. The van der Waals surface area contributed by atoms with E-state index in [4.69, 9.17) is 0 Å². The Labute approximate surface area is 128 Å². The van der Waals surface area contributed by atoms with E-state index < -0.39 is 0 Å². The average molecular weight is 277 g/mol. The van der Waals surface area contributed by atoms with E-state index in [-0.39, 0.29) is 0 Å². The van der Waals surface area contributed by atoms with Gasteiger partial charge in [0.15, 0.2) is 0 Å². The monoisotopic (exact) mass is 276 g/mol. The summed E-state index contributed by atoms with van der Waals surface area (Å²) in [7, 11) is 0. The van der Waals surface area contributed by atoms with Crippen LogP contribution >= 0.6 is 0 Å². The van der Waals surface area contributed by atoms with Crippen LogP contribution in [-0.4, -0.2) is 0 Å². The van der Waals surface area contributed by atoms with Crippen molar-refractivity contribution in [3.8, 4) is 0 Å². The Morgan fingerprint density at radius 2 is 0.900 bits per heavy atom. The molecule has 0 heterocycles. The summed E-state index contributed by atoms with van der Waals surface area (Å²) >= 11 is 0. The lowest BCUT2D eigenvalue weighted by Gasteiger charge is -1.95. The highest BCUT2D eigenvalue weighted by molar-refractivity contribution is 5.01. The molecule has 0 unspecified atom stereocenters. The maximum Gasteiger partial charge on any atom is -0.0288 e. The third-order valence-electron chi connectivity index (χ3n) is 3.17. The fourth-order valence-corrected chi connectivity index (χ4v) is 1.47. The van der Waals surface area contributed by atoms with Gasteiger partial charge in [-0.15, -0.1) is 0 Å². The molecule has 0 nitrogen and oxygen atoms in total. The molecular weight excluding hydrogens is 240 g/mol. The van der Waals surface area contributed by atoms with Crippen LogP contribution in [0.3, 0.4) is 0 Å². The molecule has 0 saturated heterocycles. The minimum absolute atomic E-state index is 1.19. The molecule has 0 saturated carbocycles. The molecule has 0 bridgehead atoms. The molecule has 0 aliphatic carbocycles. The zero-order valence-corrected chi connectivity index (χ0v) is 15.1. The molecule has 0 aromatic heterocycles. The van der Waals surface area contributed by atoms with Gasteiger partial charge in [0.25, 0.3) is 0 Å². The minimum Gasteiger partial charge on any atom is -0.0887 e. The number of allylic oxidation sites excluding steroid dienone is 8. The quantitative estimate of drug-likeness (QED) is 0.443. The van der Waals surface area contributed by atoms with Crippen molar-refractivity contribution in [2.24, 2.45) is 0 Å². The van der Waals surface area contributed by atoms with Crippen LogP contribution in [0.2, 0.25) is 0 Å². The molecule has 0 aliphatic heterocycles. The van der Waals surface area contributed by atoms with E-state index in [1.54, 1.807) is 0 Å². The highest BCUT2D eigenvalue weighted by Crippen LogP contribution is 2.06. The molecule has 116 valence electrons. The van der Waals surface area contributed by atoms with Gasteiger partial charge >= 0.3 is 0 Å². The van der Waals surface area contributed by atoms with Crippen LogP contribution in [0.15, 0.2) is 46.6 Å². The summed E-state index contributed by atoms with van der Waals surface area (Å²) in [6.07, 6.45) is 13.7. The molecule has 0 aliphatic rings. The van der Waals surface area contributed by atoms with Gasteiger partial charge in [0.2, 0.25) is 0 Å². The van der Waals surface area contributed by atoms with Gasteiger partial charge in [-0.2, -0.15) is 0 Å². The van der Waals surface area contributed by atoms with Gasteiger partial charge in [0.1, 0.15) is 0 Å². The molecule has 0 aromatic carbocycles. The lowest BCUT2D eigenvalue weighted by atomic mass is 10.1. The maximum absolute atomic E-state index is 2.28. The van der Waals surface area contributed by atoms with Crippen molar-refractivity contribution in [2.75, 3.05) is 0 Å². The zero-order valence-electron chi connectivity index (χ0n) is 15.1. The molecule has 20 heavy (non-hydrogen) atoms. The predicted molar refractivity (Wildman–Crippen MR) is 96.2 cm³/mol. The third kappa shape index (κ3) is 19.3. The topological polar surface area (TPSA) is 0 Å². The number of hydrogen-bond donors (Lipinski definition) is 0. The van der Waals surface area contributed by atoms with E-state index in [0.717, 1.165) is 0 Å². The Kier molecular flexibility index (Phi) is 15.3. The molecule has 0 heteroatoms. The second-order valence-corrected chi connectivity index (χ2v) is 5.91. The van der Waals surface area contributed by atoms with Crippen LogP contribution in [0.1, 0.15) is 81.1 Å². The summed E-state index contributed by atoms with van der Waals surface area (Å²) in [5.74, 6) is 0. The second kappa shape index (κ2) is 14.4. The van der Waals surface area contributed by atoms with E-state index in [2.05, 4.69) is 79.7 Å². The average Bonchev–Trinajstić information content (AvgIpc) is 2.38. The van der Waals surface area contributed by atoms with Gasteiger partial charge in [-0.3, -0.25) is 0 Å². The van der Waals surface area contributed by atoms with Crippen molar-refractivity contribution in [3.05, 3.63) is 46.6 Å². The Hall–Kier alpha value is -1.04. The molecule has 0 radical (unpaired) electrons. The van der Waals surface area contributed by atoms with E-state index in [1.165, 1.54) is 48.0 Å². The summed E-state index contributed by atoms with van der Waals surface area (Å²) in [4.78, 5) is 0. The van der Waals surface area contributed by atoms with Crippen molar-refractivity contribution in [3.63, 3.8) is 0 Å². The molecular formula is C20H36. The van der Waals surface area contributed by atoms with Crippen LogP contribution in [0, 0.1) is 0 Å². The van der Waals surface area contributed by atoms with Gasteiger partial charge in [0.05, 0.1) is 0 Å². The summed E-state index contributed by atoms with van der Waals surface area (Å²) < 4.78 is 0. The van der Waals surface area contributed by atoms with Gasteiger partial charge < -0.3 is 0 Å². The fourth-order valence-electron chi connectivity index (χ4n) is 1.47. The first-order chi connectivity index (χ1) is 9.33. The van der Waals surface area contributed by atoms with Crippen LogP contribution in [-0.2, 0) is 0 Å². The van der Waals surface area contributed by atoms with Crippen LogP contribution in [0.25, 0.3) is 0 Å². The Morgan fingerprint density at radius 3 is 1.10 bits per heavy atom. The van der Waals surface area contributed by atoms with Crippen molar-refractivity contribution < 1.29 is 0 Å². The van der Waals surface area contributed by atoms with Crippen LogP contribution in [0.5, 0.6) is 0 Å². The lowest BCUT2D eigenvalue weighted by Crippen LogP contribution is -1.74. The van der Waals surface area contributed by atoms with Crippen molar-refractivity contribution in [2.45, 2.75) is 81.1 Å². The molecule has 0 atom stereocenters. The Bertz CT molecular complexity index is 304. The second-order valence-electron chi connectivity index (χ2n) is 5.91. The normalized spacial score (nSPS) is 11.4. The van der Waals surface area contributed by atoms with Crippen molar-refractivity contribution >= 4 is 0 Å². The number of hydrogen-bond acceptors (Lipinski definition) is 0. The van der Waals surface area contributed by atoms with Crippen LogP contribution in [0.4, 0.5) is 0 Å². The predicted octanol–water partition coefficient (Wildman–Crippen LogP) is 7.40. The largest absolute Gasteiger partial charge is 0.0887 e. The van der Waals surface area contributed by atoms with E-state index in [9.17, 15) is 0 Å². The van der Waals surface area contributed by atoms with Gasteiger partial charge in [-0.25, -0.2) is 0 Å². The molecule has 0 aromatic rings. The smallest absolute Gasteiger partial charge is 0.0288 e. The molecule has 0 amide bonds. The lowest BCUT2D eigenvalue weighted by molar-refractivity contribution is 0.964. The van der Waals surface area contributed by atoms with Crippen LogP contribution < -0.4 is 0 Å². The first kappa shape index (κ1) is 21.3. The van der Waals surface area contributed by atoms with Gasteiger partial charge in [0, 0.05) is 0 Å². The summed E-state index contributed by atoms with van der Waals surface area (Å²) in [5.41, 5.74) is 5.81. The Morgan fingerprint density at radius 1 is 0.600 bits per heavy atom. The fraction of sp³-hybridized carbons (Fsp3) is 0.600. The summed E-state index contributed by atoms with van der Waals surface area (Å²) in [6.45, 7) is 17.1. The van der Waals surface area contributed by atoms with Crippen molar-refractivity contribution in [1.82, 2.24) is 0 Å². The standard InChI is InChI=1S/2C10H18/c2*1-5-10(4)8-6-7-9(2)3/h2*5,7H,6,8H2,1-4H3/b10-5+;10-5-. The van der Waals surface area contributed by atoms with E-state index in [1.807, 2.05) is 0 Å². The number of rotatable bonds is 6. The summed E-state index contributed by atoms with van der Waals surface area (Å²) in [5, 5.41) is 0. The highest BCUT2D eigenvalue weighted by Gasteiger charge is 1.85. The first-order valence-corrected chi connectivity index (χ1v) is 7.83. The van der Waals surface area contributed by atoms with E-state index >= 15 is 0 Å². The molecule has 0 N–H and O–H groups in total. The summed E-state index contributed by atoms with van der Waals surface area (Å²) in [6, 6.07) is 0. The molecule has 0 rings (SSSR count). The Balaban J connectivity index is 0. The first-order valence-electron chi connectivity index (χ1n) is 7.83. The van der Waals surface area contributed by atoms with Gasteiger partial charge in [-0.05, 0) is 81.1 Å². The molecule has 0 spiro atoms. The third-order valence-corrected chi connectivity index (χ3v) is 3.17. The molecule has 0 fully saturated rings. The van der Waals surface area contributed by atoms with Crippen molar-refractivity contribution in [1.29, 1.82) is 0 Å². The minimum atomic E-state index is 1.19. The van der Waals surface area contributed by atoms with Gasteiger partial charge in [-0.1, -0.05) is 46.6 Å². The van der Waals surface area contributed by atoms with E-state index in [0.29, 0.717) is 0 Å². The highest BCUT2D eigenvalue weighted by atomic mass is 13.9.